The third-order valence-electron chi connectivity index (χ3n) is 5.60. The molecule has 1 saturated heterocycles. The van der Waals surface area contributed by atoms with Gasteiger partial charge in [0.2, 0.25) is 0 Å². The molecule has 6 nitrogen and oxygen atoms in total. The minimum atomic E-state index is -1.17. The van der Waals surface area contributed by atoms with Crippen molar-refractivity contribution in [1.82, 2.24) is 14.6 Å². The third kappa shape index (κ3) is 4.40. The number of amides is 1. The first kappa shape index (κ1) is 21.2. The topological polar surface area (TPSA) is 71.5 Å². The molecular weight excluding hydrogens is 374 g/mol. The van der Waals surface area contributed by atoms with Gasteiger partial charge in [0.05, 0.1) is 21.8 Å². The maximum absolute atomic E-state index is 12.9. The summed E-state index contributed by atoms with van der Waals surface area (Å²) in [4.78, 5) is 18.5. The quantitative estimate of drug-likeness (QED) is 0.810. The summed E-state index contributed by atoms with van der Waals surface area (Å²) in [5.74, 6) is 0. The average Bonchev–Trinajstić information content (AvgIpc) is 2.86. The molecule has 1 aromatic heterocycles. The van der Waals surface area contributed by atoms with E-state index in [1.165, 1.54) is 11.1 Å². The second-order valence-electron chi connectivity index (χ2n) is 10.0. The Morgan fingerprint density at radius 3 is 2.46 bits per heavy atom. The van der Waals surface area contributed by atoms with Gasteiger partial charge in [-0.25, -0.2) is 13.7 Å². The molecular formula is C21H33N3O3S. The average molecular weight is 408 g/mol. The molecule has 0 radical (unpaired) electrons. The molecule has 0 unspecified atom stereocenters. The maximum atomic E-state index is 12.9. The van der Waals surface area contributed by atoms with Crippen LogP contribution in [0, 0.1) is 5.41 Å². The summed E-state index contributed by atoms with van der Waals surface area (Å²) in [6.07, 6.45) is 6.08. The summed E-state index contributed by atoms with van der Waals surface area (Å²) < 4.78 is 21.5. The summed E-state index contributed by atoms with van der Waals surface area (Å²) in [5.41, 5.74) is 1.87. The van der Waals surface area contributed by atoms with E-state index in [-0.39, 0.29) is 22.3 Å². The van der Waals surface area contributed by atoms with Crippen molar-refractivity contribution < 1.29 is 13.7 Å². The van der Waals surface area contributed by atoms with E-state index in [0.717, 1.165) is 19.3 Å². The van der Waals surface area contributed by atoms with Gasteiger partial charge in [-0.15, -0.1) is 0 Å². The van der Waals surface area contributed by atoms with E-state index in [0.29, 0.717) is 13.1 Å². The van der Waals surface area contributed by atoms with Crippen LogP contribution >= 0.6 is 0 Å². The zero-order valence-electron chi connectivity index (χ0n) is 17.9. The van der Waals surface area contributed by atoms with Gasteiger partial charge in [-0.05, 0) is 83.4 Å². The van der Waals surface area contributed by atoms with Gasteiger partial charge < -0.3 is 9.64 Å². The predicted molar refractivity (Wildman–Crippen MR) is 111 cm³/mol. The van der Waals surface area contributed by atoms with Crippen LogP contribution in [0.1, 0.15) is 71.6 Å². The van der Waals surface area contributed by atoms with Gasteiger partial charge in [-0.1, -0.05) is 0 Å². The number of likely N-dealkylation sites (tertiary alicyclic amines) is 1. The zero-order chi connectivity index (χ0) is 20.7. The molecule has 1 aliphatic carbocycles. The monoisotopic (exact) mass is 407 g/mol. The van der Waals surface area contributed by atoms with Gasteiger partial charge in [-0.3, -0.25) is 4.98 Å². The Labute approximate surface area is 171 Å². The Morgan fingerprint density at radius 2 is 1.89 bits per heavy atom. The van der Waals surface area contributed by atoms with Crippen molar-refractivity contribution in [3.05, 3.63) is 29.6 Å². The Hall–Kier alpha value is -1.47. The standard InChI is InChI=1S/C21H33N3O3S/c1-19(2,3)27-18(25)24-11-8-21(9-12-24)13-15-14-22-10-7-16(15)17(21)23-28(26)20(4,5)6/h7,10,14,17,23H,8-9,11-13H2,1-6H3/t17-,28-/m1/s1. The van der Waals surface area contributed by atoms with E-state index in [9.17, 15) is 9.00 Å². The van der Waals surface area contributed by atoms with Crippen molar-refractivity contribution in [2.45, 2.75) is 77.2 Å². The SMILES string of the molecule is CC(C)(C)OC(=O)N1CCC2(CC1)Cc1cnccc1[C@H]2N[S@](=O)C(C)(C)C. The van der Waals surface area contributed by atoms with E-state index < -0.39 is 16.6 Å². The fourth-order valence-corrected chi connectivity index (χ4v) is 5.02. The Morgan fingerprint density at radius 1 is 1.25 bits per heavy atom. The van der Waals surface area contributed by atoms with Crippen molar-refractivity contribution in [2.75, 3.05) is 13.1 Å². The zero-order valence-corrected chi connectivity index (χ0v) is 18.7. The molecule has 1 N–H and O–H groups in total. The first-order valence-electron chi connectivity index (χ1n) is 10.0. The predicted octanol–water partition coefficient (Wildman–Crippen LogP) is 3.75. The Balaban J connectivity index is 1.79. The fraction of sp³-hybridized carbons (Fsp3) is 0.714. The highest BCUT2D eigenvalue weighted by molar-refractivity contribution is 7.84. The van der Waals surface area contributed by atoms with E-state index in [1.807, 2.05) is 60.0 Å². The number of nitrogens with zero attached hydrogens (tertiary/aromatic N) is 2. The lowest BCUT2D eigenvalue weighted by atomic mass is 9.73. The molecule has 2 heterocycles. The van der Waals surface area contributed by atoms with E-state index >= 15 is 0 Å². The molecule has 1 fully saturated rings. The summed E-state index contributed by atoms with van der Waals surface area (Å²) in [7, 11) is -1.17. The number of aromatic nitrogens is 1. The second-order valence-corrected chi connectivity index (χ2v) is 12.0. The van der Waals surface area contributed by atoms with Crippen LogP contribution in [0.4, 0.5) is 4.79 Å². The van der Waals surface area contributed by atoms with Gasteiger partial charge >= 0.3 is 6.09 Å². The number of ether oxygens (including phenoxy) is 1. The summed E-state index contributed by atoms with van der Waals surface area (Å²) in [6.45, 7) is 12.9. The van der Waals surface area contributed by atoms with E-state index in [2.05, 4.69) is 9.71 Å². The molecule has 1 spiro atoms. The third-order valence-corrected chi connectivity index (χ3v) is 7.16. The Bertz CT molecular complexity index is 759. The largest absolute Gasteiger partial charge is 0.444 e. The van der Waals surface area contributed by atoms with Gasteiger partial charge in [0.25, 0.3) is 0 Å². The van der Waals surface area contributed by atoms with Crippen molar-refractivity contribution >= 4 is 17.1 Å². The molecule has 156 valence electrons. The molecule has 2 atom stereocenters. The van der Waals surface area contributed by atoms with Gasteiger partial charge in [0.15, 0.2) is 0 Å². The number of carbonyl (C=O) groups is 1. The maximum Gasteiger partial charge on any atom is 0.410 e. The van der Waals surface area contributed by atoms with Crippen LogP contribution in [0.3, 0.4) is 0 Å². The van der Waals surface area contributed by atoms with Gasteiger partial charge in [0.1, 0.15) is 5.60 Å². The van der Waals surface area contributed by atoms with Crippen LogP contribution in [-0.4, -0.2) is 43.6 Å². The number of hydrogen-bond donors (Lipinski definition) is 1. The fourth-order valence-electron chi connectivity index (χ4n) is 4.08. The van der Waals surface area contributed by atoms with Crippen LogP contribution in [0.5, 0.6) is 0 Å². The molecule has 0 aromatic carbocycles. The number of piperidine rings is 1. The molecule has 0 saturated carbocycles. The number of hydrogen-bond acceptors (Lipinski definition) is 4. The van der Waals surface area contributed by atoms with Crippen molar-refractivity contribution in [3.63, 3.8) is 0 Å². The van der Waals surface area contributed by atoms with E-state index in [1.54, 1.807) is 4.90 Å². The summed E-state index contributed by atoms with van der Waals surface area (Å²) in [6, 6.07) is 2.05. The van der Waals surface area contributed by atoms with Crippen molar-refractivity contribution in [3.8, 4) is 0 Å². The van der Waals surface area contributed by atoms with Crippen molar-refractivity contribution in [2.24, 2.45) is 5.41 Å². The normalized spacial score (nSPS) is 22.8. The number of fused-ring (bicyclic) bond motifs is 1. The molecule has 2 aliphatic rings. The second kappa shape index (κ2) is 7.41. The molecule has 7 heteroatoms. The lowest BCUT2D eigenvalue weighted by Crippen LogP contribution is -2.49. The molecule has 1 aromatic rings. The molecule has 1 amide bonds. The molecule has 1 aliphatic heterocycles. The number of carbonyl (C=O) groups excluding carboxylic acids is 1. The van der Waals surface area contributed by atoms with Gasteiger partial charge in [0, 0.05) is 25.5 Å². The highest BCUT2D eigenvalue weighted by atomic mass is 32.2. The number of pyridine rings is 1. The lowest BCUT2D eigenvalue weighted by molar-refractivity contribution is 0.00724. The first-order chi connectivity index (χ1) is 12.9. The number of nitrogens with one attached hydrogen (secondary N) is 1. The smallest absolute Gasteiger partial charge is 0.410 e. The molecule has 28 heavy (non-hydrogen) atoms. The van der Waals surface area contributed by atoms with Crippen LogP contribution in [0.2, 0.25) is 0 Å². The first-order valence-corrected chi connectivity index (χ1v) is 11.2. The van der Waals surface area contributed by atoms with Crippen molar-refractivity contribution in [1.29, 1.82) is 0 Å². The van der Waals surface area contributed by atoms with Crippen LogP contribution in [0.15, 0.2) is 18.5 Å². The highest BCUT2D eigenvalue weighted by Crippen LogP contribution is 2.52. The summed E-state index contributed by atoms with van der Waals surface area (Å²) in [5, 5.41) is 0. The molecule has 3 rings (SSSR count). The minimum Gasteiger partial charge on any atom is -0.444 e. The van der Waals surface area contributed by atoms with E-state index in [4.69, 9.17) is 4.74 Å². The number of rotatable bonds is 2. The summed E-state index contributed by atoms with van der Waals surface area (Å²) >= 11 is 0. The Kier molecular flexibility index (Phi) is 5.62. The lowest BCUT2D eigenvalue weighted by Gasteiger charge is -2.44. The van der Waals surface area contributed by atoms with Crippen LogP contribution in [0.25, 0.3) is 0 Å². The molecule has 0 bridgehead atoms. The van der Waals surface area contributed by atoms with Gasteiger partial charge in [-0.2, -0.15) is 0 Å². The minimum absolute atomic E-state index is 0.00587. The van der Waals surface area contributed by atoms with Crippen LogP contribution in [-0.2, 0) is 22.1 Å². The van der Waals surface area contributed by atoms with Crippen LogP contribution < -0.4 is 4.72 Å². The highest BCUT2D eigenvalue weighted by Gasteiger charge is 2.49.